The van der Waals surface area contributed by atoms with Crippen molar-refractivity contribution in [2.24, 2.45) is 5.73 Å². The number of carbonyl (C=O) groups is 4. The minimum atomic E-state index is -3.86. The number of nitrogens with one attached hydrogen (secondary N) is 5. The summed E-state index contributed by atoms with van der Waals surface area (Å²) in [5.41, 5.74) is 6.77. The molecule has 8 N–H and O–H groups in total. The van der Waals surface area contributed by atoms with Crippen LogP contribution in [0.1, 0.15) is 70.1 Å². The first-order valence-electron chi connectivity index (χ1n) is 15.2. The lowest BCUT2D eigenvalue weighted by atomic mass is 10.1. The summed E-state index contributed by atoms with van der Waals surface area (Å²) >= 11 is 0. The fourth-order valence-corrected chi connectivity index (χ4v) is 4.94. The van der Waals surface area contributed by atoms with Crippen LogP contribution in [-0.4, -0.2) is 74.4 Å². The van der Waals surface area contributed by atoms with Gasteiger partial charge in [-0.05, 0) is 38.3 Å². The summed E-state index contributed by atoms with van der Waals surface area (Å²) in [6, 6.07) is 14.2. The Morgan fingerprint density at radius 3 is 2.11 bits per heavy atom. The molecule has 0 aliphatic carbocycles. The Labute approximate surface area is 276 Å². The fraction of sp³-hybridized carbons (Fsp3) is 0.469. The van der Waals surface area contributed by atoms with Crippen LogP contribution in [0.3, 0.4) is 0 Å². The minimum absolute atomic E-state index is 0.0484. The topological polar surface area (TPSA) is 230 Å². The highest BCUT2D eigenvalue weighted by Crippen LogP contribution is 2.10. The Morgan fingerprint density at radius 1 is 0.915 bits per heavy atom. The Kier molecular flexibility index (Phi) is 17.9. The number of amidine groups is 1. The molecule has 0 spiro atoms. The van der Waals surface area contributed by atoms with E-state index in [0.717, 1.165) is 18.4 Å². The van der Waals surface area contributed by atoms with E-state index in [-0.39, 0.29) is 50.0 Å². The normalized spacial score (nSPS) is 11.7. The second-order valence-corrected chi connectivity index (χ2v) is 13.3. The highest BCUT2D eigenvalue weighted by atomic mass is 32.2. The molecule has 1 atom stereocenters. The van der Waals surface area contributed by atoms with Crippen LogP contribution < -0.4 is 26.4 Å². The zero-order chi connectivity index (χ0) is 35.5. The van der Waals surface area contributed by atoms with E-state index in [2.05, 4.69) is 20.7 Å². The largest absolute Gasteiger partial charge is 0.481 e. The van der Waals surface area contributed by atoms with Crippen LogP contribution in [0.5, 0.6) is 0 Å². The summed E-state index contributed by atoms with van der Waals surface area (Å²) < 4.78 is 33.3. The van der Waals surface area contributed by atoms with Crippen molar-refractivity contribution >= 4 is 39.5 Å². The van der Waals surface area contributed by atoms with Gasteiger partial charge in [-0.3, -0.25) is 24.6 Å². The second kappa shape index (κ2) is 20.7. The molecular weight excluding hydrogens is 628 g/mol. The van der Waals surface area contributed by atoms with Crippen molar-refractivity contribution in [3.05, 3.63) is 71.3 Å². The number of benzene rings is 2. The van der Waals surface area contributed by atoms with Gasteiger partial charge < -0.3 is 31.5 Å². The molecule has 2 aromatic carbocycles. The van der Waals surface area contributed by atoms with E-state index >= 15 is 0 Å². The molecule has 2 aromatic rings. The van der Waals surface area contributed by atoms with Gasteiger partial charge in [0.25, 0.3) is 0 Å². The monoisotopic (exact) mass is 676 g/mol. The van der Waals surface area contributed by atoms with E-state index < -0.39 is 39.4 Å². The van der Waals surface area contributed by atoms with Crippen LogP contribution in [0, 0.1) is 5.41 Å². The number of nitrogens with two attached hydrogens (primary N) is 1. The molecule has 0 aliphatic heterocycles. The molecular formula is C32H48N6O8S. The van der Waals surface area contributed by atoms with Crippen LogP contribution in [0.15, 0.2) is 54.6 Å². The van der Waals surface area contributed by atoms with E-state index in [0.29, 0.717) is 17.7 Å². The number of unbranched alkanes of at least 4 members (excludes halogenated alkanes) is 1. The van der Waals surface area contributed by atoms with Gasteiger partial charge in [-0.25, -0.2) is 13.1 Å². The number of rotatable bonds is 18. The van der Waals surface area contributed by atoms with E-state index in [1.807, 2.05) is 6.92 Å². The molecule has 0 aromatic heterocycles. The predicted octanol–water partition coefficient (Wildman–Crippen LogP) is 1.77. The maximum atomic E-state index is 12.7. The maximum absolute atomic E-state index is 12.7. The molecule has 14 nitrogen and oxygen atoms in total. The van der Waals surface area contributed by atoms with E-state index in [4.69, 9.17) is 21.0 Å². The van der Waals surface area contributed by atoms with Gasteiger partial charge >= 0.3 is 5.97 Å². The quantitative estimate of drug-likeness (QED) is 0.0692. The van der Waals surface area contributed by atoms with Crippen LogP contribution >= 0.6 is 0 Å². The predicted molar refractivity (Wildman–Crippen MR) is 179 cm³/mol. The van der Waals surface area contributed by atoms with Gasteiger partial charge in [0.05, 0.1) is 30.9 Å². The molecule has 3 amide bonds. The average Bonchev–Trinajstić information content (AvgIpc) is 3.00. The van der Waals surface area contributed by atoms with Gasteiger partial charge in [-0.2, -0.15) is 0 Å². The number of aliphatic carboxylic acids is 1. The number of carboxylic acid groups (broad SMARTS) is 1. The standard InChI is InChI=1S/C24H33N5O5S.C8H15NO3/c1-24(2,3)34-15-20(29-35(32,33)16-18-7-5-4-6-8-18)23(31)28-14-21(30)27-13-17-9-11-19(12-10-17)22(25)26;1-2-3-6-9-7(10)4-5-8(11)12/h4-12,20,29H,13-16H2,1-3H3,(H3,25,26)(H,27,30)(H,28,31);2-6H2,1H3,(H,9,10)(H,11,12)/t20-;/m1./s1. The number of carbonyl (C=O) groups excluding carboxylic acids is 3. The summed E-state index contributed by atoms with van der Waals surface area (Å²) in [5, 5.41) is 23.4. The lowest BCUT2D eigenvalue weighted by Gasteiger charge is -2.24. The Bertz CT molecular complexity index is 1410. The molecule has 0 saturated heterocycles. The summed E-state index contributed by atoms with van der Waals surface area (Å²) in [7, 11) is -3.86. The summed E-state index contributed by atoms with van der Waals surface area (Å²) in [5.74, 6) is -2.57. The molecule has 0 radical (unpaired) electrons. The summed E-state index contributed by atoms with van der Waals surface area (Å²) in [6.07, 6.45) is 1.97. The van der Waals surface area contributed by atoms with E-state index in [1.165, 1.54) is 0 Å². The molecule has 0 fully saturated rings. The molecule has 0 saturated carbocycles. The average molecular weight is 677 g/mol. The third-order valence-electron chi connectivity index (χ3n) is 6.12. The molecule has 0 heterocycles. The van der Waals surface area contributed by atoms with E-state index in [1.54, 1.807) is 75.4 Å². The lowest BCUT2D eigenvalue weighted by molar-refractivity contribution is -0.138. The smallest absolute Gasteiger partial charge is 0.303 e. The number of amides is 3. The Balaban J connectivity index is 0.000000779. The maximum Gasteiger partial charge on any atom is 0.303 e. The lowest BCUT2D eigenvalue weighted by Crippen LogP contribution is -2.52. The molecule has 15 heteroatoms. The molecule has 0 unspecified atom stereocenters. The van der Waals surface area contributed by atoms with Crippen molar-refractivity contribution in [3.63, 3.8) is 0 Å². The van der Waals surface area contributed by atoms with Crippen molar-refractivity contribution in [2.45, 2.75) is 77.3 Å². The third-order valence-corrected chi connectivity index (χ3v) is 7.47. The third kappa shape index (κ3) is 19.7. The van der Waals surface area contributed by atoms with Gasteiger partial charge in [-0.15, -0.1) is 0 Å². The number of hydrogen-bond donors (Lipinski definition) is 7. The summed E-state index contributed by atoms with van der Waals surface area (Å²) in [6.45, 7) is 7.72. The van der Waals surface area contributed by atoms with Gasteiger partial charge in [0.15, 0.2) is 0 Å². The van der Waals surface area contributed by atoms with Gasteiger partial charge in [0.2, 0.25) is 27.7 Å². The second-order valence-electron chi connectivity index (χ2n) is 11.5. The Morgan fingerprint density at radius 2 is 1.55 bits per heavy atom. The van der Waals surface area contributed by atoms with Crippen LogP contribution in [0.2, 0.25) is 0 Å². The highest BCUT2D eigenvalue weighted by Gasteiger charge is 2.27. The van der Waals surface area contributed by atoms with Crippen molar-refractivity contribution in [3.8, 4) is 0 Å². The van der Waals surface area contributed by atoms with Crippen molar-refractivity contribution in [1.82, 2.24) is 20.7 Å². The van der Waals surface area contributed by atoms with Crippen LogP contribution in [0.4, 0.5) is 0 Å². The number of sulfonamides is 1. The molecule has 2 rings (SSSR count). The molecule has 0 bridgehead atoms. The summed E-state index contributed by atoms with van der Waals surface area (Å²) in [4.78, 5) is 45.9. The van der Waals surface area contributed by atoms with Gasteiger partial charge in [0.1, 0.15) is 11.9 Å². The van der Waals surface area contributed by atoms with Crippen LogP contribution in [0.25, 0.3) is 0 Å². The number of nitrogen functional groups attached to an aromatic ring is 1. The fourth-order valence-electron chi connectivity index (χ4n) is 3.62. The van der Waals surface area contributed by atoms with Crippen molar-refractivity contribution in [1.29, 1.82) is 5.41 Å². The highest BCUT2D eigenvalue weighted by molar-refractivity contribution is 7.88. The zero-order valence-corrected chi connectivity index (χ0v) is 28.2. The van der Waals surface area contributed by atoms with Crippen LogP contribution in [-0.2, 0) is 46.2 Å². The van der Waals surface area contributed by atoms with Gasteiger partial charge in [0, 0.05) is 25.1 Å². The Hall–Kier alpha value is -4.34. The first kappa shape index (κ1) is 40.7. The van der Waals surface area contributed by atoms with Gasteiger partial charge in [-0.1, -0.05) is 67.9 Å². The first-order chi connectivity index (χ1) is 22.0. The zero-order valence-electron chi connectivity index (χ0n) is 27.4. The number of ether oxygens (including phenoxy) is 1. The molecule has 0 aliphatic rings. The van der Waals surface area contributed by atoms with E-state index in [9.17, 15) is 27.6 Å². The number of hydrogen-bond acceptors (Lipinski definition) is 8. The molecule has 47 heavy (non-hydrogen) atoms. The SMILES string of the molecule is CC(C)(C)OC[C@@H](NS(=O)(=O)Cc1ccccc1)C(=O)NCC(=O)NCc1ccc(C(=N)N)cc1.CCCCNC(=O)CCC(=O)O. The van der Waals surface area contributed by atoms with Crippen molar-refractivity contribution < 1.29 is 37.4 Å². The first-order valence-corrected chi connectivity index (χ1v) is 16.8. The minimum Gasteiger partial charge on any atom is -0.481 e. The number of carboxylic acids is 1. The van der Waals surface area contributed by atoms with Crippen molar-refractivity contribution in [2.75, 3.05) is 19.7 Å². The molecule has 260 valence electrons.